The van der Waals surface area contributed by atoms with E-state index in [0.29, 0.717) is 39.1 Å². The quantitative estimate of drug-likeness (QED) is 0.228. The van der Waals surface area contributed by atoms with Gasteiger partial charge in [-0.3, -0.25) is 0 Å². The third-order valence-corrected chi connectivity index (χ3v) is 6.43. The second-order valence-electron chi connectivity index (χ2n) is 8.38. The minimum Gasteiger partial charge on any atom is -0.497 e. The Hall–Kier alpha value is -3.16. The second-order valence-corrected chi connectivity index (χ2v) is 9.20. The Labute approximate surface area is 219 Å². The number of benzene rings is 4. The van der Waals surface area contributed by atoms with E-state index >= 15 is 0 Å². The molecule has 0 atom stereocenters. The first-order valence-corrected chi connectivity index (χ1v) is 11.6. The normalized spacial score (nSPS) is 12.1. The van der Waals surface area contributed by atoms with E-state index in [2.05, 4.69) is 0 Å². The lowest BCUT2D eigenvalue weighted by molar-refractivity contribution is -0.138. The molecule has 0 heterocycles. The molecule has 9 heteroatoms. The maximum absolute atomic E-state index is 13.2. The number of methoxy groups -OCH3 is 1. The van der Waals surface area contributed by atoms with Crippen molar-refractivity contribution in [3.63, 3.8) is 0 Å². The lowest BCUT2D eigenvalue weighted by atomic mass is 9.90. The van der Waals surface area contributed by atoms with Crippen molar-refractivity contribution in [1.29, 1.82) is 0 Å². The van der Waals surface area contributed by atoms with Crippen LogP contribution in [0.2, 0.25) is 10.0 Å². The van der Waals surface area contributed by atoms with Crippen molar-refractivity contribution < 1.29 is 31.1 Å². The predicted molar refractivity (Wildman–Crippen MR) is 134 cm³/mol. The smallest absolute Gasteiger partial charge is 0.416 e. The number of hydrogen-bond acceptors (Lipinski definition) is 1. The van der Waals surface area contributed by atoms with Crippen LogP contribution >= 0.6 is 23.2 Å². The Morgan fingerprint density at radius 3 is 1.54 bits per heavy atom. The molecule has 4 rings (SSSR count). The molecular formula is C28H18Cl2F6O. The Balaban J connectivity index is 1.88. The monoisotopic (exact) mass is 554 g/mol. The van der Waals surface area contributed by atoms with E-state index in [9.17, 15) is 26.3 Å². The van der Waals surface area contributed by atoms with Gasteiger partial charge in [0.2, 0.25) is 0 Å². The van der Waals surface area contributed by atoms with Crippen LogP contribution in [0.3, 0.4) is 0 Å². The highest BCUT2D eigenvalue weighted by molar-refractivity contribution is 6.34. The van der Waals surface area contributed by atoms with Crippen LogP contribution in [0.1, 0.15) is 16.7 Å². The molecule has 4 aromatic carbocycles. The van der Waals surface area contributed by atoms with Crippen molar-refractivity contribution in [1.82, 2.24) is 0 Å². The molecule has 0 radical (unpaired) electrons. The molecule has 0 aliphatic carbocycles. The third-order valence-electron chi connectivity index (χ3n) is 5.81. The van der Waals surface area contributed by atoms with Gasteiger partial charge < -0.3 is 4.74 Å². The Morgan fingerprint density at radius 1 is 0.568 bits per heavy atom. The minimum atomic E-state index is -4.55. The van der Waals surface area contributed by atoms with Gasteiger partial charge in [0.05, 0.1) is 18.2 Å². The van der Waals surface area contributed by atoms with E-state index in [1.54, 1.807) is 30.3 Å². The molecule has 0 aromatic heterocycles. The van der Waals surface area contributed by atoms with Gasteiger partial charge in [0.25, 0.3) is 0 Å². The van der Waals surface area contributed by atoms with E-state index < -0.39 is 23.5 Å². The van der Waals surface area contributed by atoms with Gasteiger partial charge in [0.15, 0.2) is 0 Å². The number of aryl methyl sites for hydroxylation is 1. The van der Waals surface area contributed by atoms with Gasteiger partial charge in [-0.05, 0) is 77.2 Å². The van der Waals surface area contributed by atoms with E-state index in [4.69, 9.17) is 27.9 Å². The molecule has 192 valence electrons. The summed E-state index contributed by atoms with van der Waals surface area (Å²) in [5, 5.41) is -0.157. The van der Waals surface area contributed by atoms with Crippen LogP contribution in [0.15, 0.2) is 72.8 Å². The molecule has 0 aliphatic heterocycles. The number of hydrogen-bond donors (Lipinski definition) is 0. The maximum atomic E-state index is 13.2. The van der Waals surface area contributed by atoms with Crippen molar-refractivity contribution in [2.24, 2.45) is 0 Å². The van der Waals surface area contributed by atoms with Crippen molar-refractivity contribution in [3.8, 4) is 39.1 Å². The molecule has 0 bridgehead atoms. The molecule has 0 saturated carbocycles. The zero-order chi connectivity index (χ0) is 27.1. The summed E-state index contributed by atoms with van der Waals surface area (Å²) in [4.78, 5) is 0. The summed E-state index contributed by atoms with van der Waals surface area (Å²) < 4.78 is 84.2. The van der Waals surface area contributed by atoms with Crippen molar-refractivity contribution in [3.05, 3.63) is 99.5 Å². The highest BCUT2D eigenvalue weighted by atomic mass is 35.5. The highest BCUT2D eigenvalue weighted by Gasteiger charge is 2.32. The summed E-state index contributed by atoms with van der Waals surface area (Å²) in [6.07, 6.45) is -9.08. The molecule has 0 spiro atoms. The summed E-state index contributed by atoms with van der Waals surface area (Å²) in [7, 11) is 1.46. The van der Waals surface area contributed by atoms with E-state index in [-0.39, 0.29) is 10.0 Å². The topological polar surface area (TPSA) is 9.23 Å². The minimum absolute atomic E-state index is 0.0629. The van der Waals surface area contributed by atoms with Crippen LogP contribution in [-0.2, 0) is 12.4 Å². The second kappa shape index (κ2) is 9.95. The molecule has 0 fully saturated rings. The summed E-state index contributed by atoms with van der Waals surface area (Å²) in [5.41, 5.74) is 2.23. The number of halogens is 8. The standard InChI is InChI=1S/C28H18Cl2F6O/c1-15-9-16(11-17(10-15)22-6-3-18(12-25(22)29)27(31,32)33)21-8-5-20(37-2)14-24(21)23-7-4-19(13-26(23)30)28(34,35)36/h3-14H,1-2H3. The van der Waals surface area contributed by atoms with Gasteiger partial charge >= 0.3 is 12.4 Å². The first-order chi connectivity index (χ1) is 17.3. The number of ether oxygens (including phenoxy) is 1. The summed E-state index contributed by atoms with van der Waals surface area (Å²) in [5.74, 6) is 0.466. The molecule has 0 N–H and O–H groups in total. The van der Waals surface area contributed by atoms with Crippen LogP contribution < -0.4 is 4.74 Å². The van der Waals surface area contributed by atoms with Gasteiger partial charge in [0.1, 0.15) is 5.75 Å². The first kappa shape index (κ1) is 26.9. The zero-order valence-corrected chi connectivity index (χ0v) is 20.9. The van der Waals surface area contributed by atoms with E-state index in [0.717, 1.165) is 29.8 Å². The van der Waals surface area contributed by atoms with Gasteiger partial charge in [-0.25, -0.2) is 0 Å². The fourth-order valence-electron chi connectivity index (χ4n) is 4.05. The molecule has 0 aliphatic rings. The van der Waals surface area contributed by atoms with Gasteiger partial charge in [0, 0.05) is 21.2 Å². The number of alkyl halides is 6. The molecular weight excluding hydrogens is 537 g/mol. The van der Waals surface area contributed by atoms with Crippen LogP contribution in [-0.4, -0.2) is 7.11 Å². The van der Waals surface area contributed by atoms with Crippen molar-refractivity contribution >= 4 is 23.2 Å². The summed E-state index contributed by atoms with van der Waals surface area (Å²) in [6.45, 7) is 1.82. The van der Waals surface area contributed by atoms with Crippen molar-refractivity contribution in [2.75, 3.05) is 7.11 Å². The average Bonchev–Trinajstić information content (AvgIpc) is 2.82. The van der Waals surface area contributed by atoms with Gasteiger partial charge in [-0.1, -0.05) is 53.5 Å². The maximum Gasteiger partial charge on any atom is 0.416 e. The number of rotatable bonds is 4. The van der Waals surface area contributed by atoms with Crippen LogP contribution in [0.5, 0.6) is 5.75 Å². The third kappa shape index (κ3) is 5.73. The van der Waals surface area contributed by atoms with Crippen LogP contribution in [0, 0.1) is 6.92 Å². The fourth-order valence-corrected chi connectivity index (χ4v) is 4.63. The highest BCUT2D eigenvalue weighted by Crippen LogP contribution is 2.43. The fraction of sp³-hybridized carbons (Fsp3) is 0.143. The Bertz CT molecular complexity index is 1470. The first-order valence-electron chi connectivity index (χ1n) is 10.8. The molecule has 37 heavy (non-hydrogen) atoms. The lowest BCUT2D eigenvalue weighted by Gasteiger charge is -2.17. The van der Waals surface area contributed by atoms with E-state index in [1.807, 2.05) is 13.0 Å². The molecule has 4 aromatic rings. The molecule has 0 amide bonds. The molecule has 0 unspecified atom stereocenters. The predicted octanol–water partition coefficient (Wildman–Crippen LogP) is 10.3. The molecule has 0 saturated heterocycles. The SMILES string of the molecule is COc1ccc(-c2cc(C)cc(-c3ccc(C(F)(F)F)cc3Cl)c2)c(-c2ccc(C(F)(F)F)cc2Cl)c1. The van der Waals surface area contributed by atoms with Gasteiger partial charge in [-0.2, -0.15) is 26.3 Å². The lowest BCUT2D eigenvalue weighted by Crippen LogP contribution is -2.04. The molecule has 1 nitrogen and oxygen atoms in total. The summed E-state index contributed by atoms with van der Waals surface area (Å²) >= 11 is 12.5. The summed E-state index contributed by atoms with van der Waals surface area (Å²) in [6, 6.07) is 16.8. The van der Waals surface area contributed by atoms with Crippen LogP contribution in [0.25, 0.3) is 33.4 Å². The average molecular weight is 555 g/mol. The Kier molecular flexibility index (Phi) is 7.23. The van der Waals surface area contributed by atoms with Crippen molar-refractivity contribution in [2.45, 2.75) is 19.3 Å². The van der Waals surface area contributed by atoms with Gasteiger partial charge in [-0.15, -0.1) is 0 Å². The van der Waals surface area contributed by atoms with E-state index in [1.165, 1.54) is 19.2 Å². The van der Waals surface area contributed by atoms with Crippen LogP contribution in [0.4, 0.5) is 26.3 Å². The Morgan fingerprint density at radius 2 is 1.05 bits per heavy atom. The largest absolute Gasteiger partial charge is 0.497 e. The zero-order valence-electron chi connectivity index (χ0n) is 19.4.